The highest BCUT2D eigenvalue weighted by Gasteiger charge is 2.34. The second kappa shape index (κ2) is 8.20. The first-order chi connectivity index (χ1) is 16.0. The van der Waals surface area contributed by atoms with Crippen LogP contribution in [-0.4, -0.2) is 32.9 Å². The van der Waals surface area contributed by atoms with E-state index in [0.29, 0.717) is 11.5 Å². The maximum absolute atomic E-state index is 12.4. The second-order valence-electron chi connectivity index (χ2n) is 7.60. The molecule has 0 aliphatic carbocycles. The van der Waals surface area contributed by atoms with E-state index in [-0.39, 0.29) is 11.5 Å². The van der Waals surface area contributed by atoms with Crippen LogP contribution in [0.4, 0.5) is 0 Å². The number of carboxylic acid groups (broad SMARTS) is 1. The van der Waals surface area contributed by atoms with Gasteiger partial charge in [-0.3, -0.25) is 4.79 Å². The van der Waals surface area contributed by atoms with Crippen LogP contribution in [0.2, 0.25) is 0 Å². The van der Waals surface area contributed by atoms with Gasteiger partial charge in [0.05, 0.1) is 16.8 Å². The van der Waals surface area contributed by atoms with Crippen LogP contribution < -0.4 is 0 Å². The van der Waals surface area contributed by atoms with Crippen molar-refractivity contribution in [3.8, 4) is 11.3 Å². The van der Waals surface area contributed by atoms with Crippen molar-refractivity contribution in [3.63, 3.8) is 0 Å². The first-order valence-electron chi connectivity index (χ1n) is 10.3. The van der Waals surface area contributed by atoms with E-state index in [1.165, 1.54) is 24.1 Å². The van der Waals surface area contributed by atoms with Crippen molar-refractivity contribution in [1.82, 2.24) is 9.99 Å². The average Bonchev–Trinajstić information content (AvgIpc) is 3.30. The minimum absolute atomic E-state index is 0.153. The molecule has 1 aliphatic rings. The third-order valence-electron chi connectivity index (χ3n) is 5.43. The van der Waals surface area contributed by atoms with Gasteiger partial charge in [0.2, 0.25) is 18.0 Å². The molecule has 0 fully saturated rings. The fourth-order valence-electron chi connectivity index (χ4n) is 3.79. The van der Waals surface area contributed by atoms with Crippen molar-refractivity contribution in [2.24, 2.45) is 5.10 Å². The topological polar surface area (TPSA) is 92.1 Å². The number of aromatic nitrogens is 1. The molecule has 2 heterocycles. The minimum atomic E-state index is -1.02. The first-order valence-corrected chi connectivity index (χ1v) is 10.3. The van der Waals surface area contributed by atoms with Crippen molar-refractivity contribution < 1.29 is 19.4 Å². The number of amides is 1. The molecular weight excluding hydrogens is 418 g/mol. The number of hydrogen-bond donors (Lipinski definition) is 1. The number of carbonyl (C=O) groups is 2. The van der Waals surface area contributed by atoms with E-state index in [1.807, 2.05) is 60.7 Å². The number of hydrazone groups is 1. The summed E-state index contributed by atoms with van der Waals surface area (Å²) >= 11 is 0. The molecule has 0 radical (unpaired) electrons. The van der Waals surface area contributed by atoms with Gasteiger partial charge in [-0.1, -0.05) is 60.7 Å². The zero-order valence-electron chi connectivity index (χ0n) is 17.7. The standard InChI is InChI=1S/C26H19N3O4/c1-16(30)29-25(18-11-13-19(14-12-18)26(31)32)33-24(28-29)21-15-23(17-7-3-2-4-8-17)27-22-10-6-5-9-20(21)22/h2-15,25H,1H3,(H,31,32)/t25-/m0/s1. The Hall–Kier alpha value is -4.52. The lowest BCUT2D eigenvalue weighted by atomic mass is 10.0. The summed E-state index contributed by atoms with van der Waals surface area (Å²) in [4.78, 5) is 28.3. The van der Waals surface area contributed by atoms with E-state index in [0.717, 1.165) is 27.7 Å². The van der Waals surface area contributed by atoms with Crippen molar-refractivity contribution in [1.29, 1.82) is 0 Å². The van der Waals surface area contributed by atoms with Crippen molar-refractivity contribution >= 4 is 28.7 Å². The number of para-hydroxylation sites is 1. The number of carboxylic acids is 1. The van der Waals surface area contributed by atoms with E-state index in [4.69, 9.17) is 14.8 Å². The number of pyridine rings is 1. The Balaban J connectivity index is 1.60. The number of carbonyl (C=O) groups excluding carboxylic acids is 1. The van der Waals surface area contributed by atoms with Crippen molar-refractivity contribution in [2.75, 3.05) is 0 Å². The second-order valence-corrected chi connectivity index (χ2v) is 7.60. The normalized spacial score (nSPS) is 15.2. The van der Waals surface area contributed by atoms with E-state index in [2.05, 4.69) is 5.10 Å². The van der Waals surface area contributed by atoms with Gasteiger partial charge in [0.1, 0.15) is 0 Å². The SMILES string of the molecule is CC(=O)N1N=C(c2cc(-c3ccccc3)nc3ccccc23)O[C@H]1c1ccc(C(=O)O)cc1. The predicted molar refractivity (Wildman–Crippen MR) is 123 cm³/mol. The van der Waals surface area contributed by atoms with Gasteiger partial charge in [0.25, 0.3) is 0 Å². The molecule has 1 amide bonds. The van der Waals surface area contributed by atoms with E-state index in [9.17, 15) is 9.59 Å². The van der Waals surface area contributed by atoms with Crippen LogP contribution in [0.1, 0.15) is 34.6 Å². The smallest absolute Gasteiger partial charge is 0.335 e. The van der Waals surface area contributed by atoms with Gasteiger partial charge in [-0.2, -0.15) is 5.01 Å². The summed E-state index contributed by atoms with van der Waals surface area (Å²) in [6.45, 7) is 1.41. The molecule has 1 N–H and O–H groups in total. The third-order valence-corrected chi connectivity index (χ3v) is 5.43. The average molecular weight is 437 g/mol. The number of hydrogen-bond acceptors (Lipinski definition) is 5. The fraction of sp³-hybridized carbons (Fsp3) is 0.0769. The van der Waals surface area contributed by atoms with Crippen LogP contribution in [0.25, 0.3) is 22.2 Å². The van der Waals surface area contributed by atoms with Gasteiger partial charge in [0.15, 0.2) is 0 Å². The summed E-state index contributed by atoms with van der Waals surface area (Å²) in [7, 11) is 0. The summed E-state index contributed by atoms with van der Waals surface area (Å²) in [5.41, 5.74) is 3.99. The van der Waals surface area contributed by atoms with Crippen LogP contribution in [0.5, 0.6) is 0 Å². The van der Waals surface area contributed by atoms with Crippen LogP contribution in [0.3, 0.4) is 0 Å². The molecular formula is C26H19N3O4. The Labute approximate surface area is 189 Å². The van der Waals surface area contributed by atoms with Gasteiger partial charge in [-0.25, -0.2) is 9.78 Å². The Morgan fingerprint density at radius 2 is 1.64 bits per heavy atom. The molecule has 1 atom stereocenters. The van der Waals surface area contributed by atoms with E-state index < -0.39 is 12.2 Å². The van der Waals surface area contributed by atoms with Crippen molar-refractivity contribution in [3.05, 3.63) is 102 Å². The molecule has 0 saturated carbocycles. The largest absolute Gasteiger partial charge is 0.478 e. The molecule has 3 aromatic carbocycles. The predicted octanol–water partition coefficient (Wildman–Crippen LogP) is 4.84. The Kier molecular flexibility index (Phi) is 5.06. The van der Waals surface area contributed by atoms with Crippen LogP contribution in [0.15, 0.2) is 90.0 Å². The van der Waals surface area contributed by atoms with Gasteiger partial charge in [-0.05, 0) is 24.3 Å². The maximum atomic E-state index is 12.4. The Morgan fingerprint density at radius 1 is 0.939 bits per heavy atom. The highest BCUT2D eigenvalue weighted by Crippen LogP contribution is 2.33. The maximum Gasteiger partial charge on any atom is 0.335 e. The van der Waals surface area contributed by atoms with Gasteiger partial charge >= 0.3 is 5.97 Å². The number of benzene rings is 3. The molecule has 1 aromatic heterocycles. The number of aromatic carboxylic acids is 1. The highest BCUT2D eigenvalue weighted by atomic mass is 16.5. The molecule has 5 rings (SSSR count). The highest BCUT2D eigenvalue weighted by molar-refractivity contribution is 6.08. The van der Waals surface area contributed by atoms with Gasteiger partial charge in [0, 0.05) is 29.0 Å². The molecule has 7 nitrogen and oxygen atoms in total. The number of rotatable bonds is 4. The summed E-state index contributed by atoms with van der Waals surface area (Å²) in [5, 5.41) is 15.8. The van der Waals surface area contributed by atoms with Crippen LogP contribution in [-0.2, 0) is 9.53 Å². The molecule has 4 aromatic rings. The zero-order valence-corrected chi connectivity index (χ0v) is 17.7. The lowest BCUT2D eigenvalue weighted by Crippen LogP contribution is -2.25. The minimum Gasteiger partial charge on any atom is -0.478 e. The summed E-state index contributed by atoms with van der Waals surface area (Å²) in [6.07, 6.45) is -0.799. The van der Waals surface area contributed by atoms with Gasteiger partial charge < -0.3 is 9.84 Å². The first kappa shape index (κ1) is 20.4. The van der Waals surface area contributed by atoms with Crippen LogP contribution >= 0.6 is 0 Å². The number of nitrogens with zero attached hydrogens (tertiary/aromatic N) is 3. The van der Waals surface area contributed by atoms with Crippen molar-refractivity contribution in [2.45, 2.75) is 13.2 Å². The molecule has 162 valence electrons. The van der Waals surface area contributed by atoms with E-state index >= 15 is 0 Å². The van der Waals surface area contributed by atoms with E-state index in [1.54, 1.807) is 12.1 Å². The summed E-state index contributed by atoms with van der Waals surface area (Å²) < 4.78 is 6.19. The Morgan fingerprint density at radius 3 is 2.33 bits per heavy atom. The molecule has 0 spiro atoms. The molecule has 0 saturated heterocycles. The summed E-state index contributed by atoms with van der Waals surface area (Å²) in [6, 6.07) is 25.6. The van der Waals surface area contributed by atoms with Crippen LogP contribution in [0, 0.1) is 0 Å². The summed E-state index contributed by atoms with van der Waals surface area (Å²) in [5.74, 6) is -1.02. The molecule has 7 heteroatoms. The number of ether oxygens (including phenoxy) is 1. The molecule has 1 aliphatic heterocycles. The monoisotopic (exact) mass is 437 g/mol. The number of fused-ring (bicyclic) bond motifs is 1. The zero-order chi connectivity index (χ0) is 22.9. The third kappa shape index (κ3) is 3.80. The quantitative estimate of drug-likeness (QED) is 0.493. The molecule has 0 unspecified atom stereocenters. The fourth-order valence-corrected chi connectivity index (χ4v) is 3.79. The molecule has 33 heavy (non-hydrogen) atoms. The lowest BCUT2D eigenvalue weighted by molar-refractivity contribution is -0.135. The lowest BCUT2D eigenvalue weighted by Gasteiger charge is -2.19. The molecule has 0 bridgehead atoms. The van der Waals surface area contributed by atoms with Gasteiger partial charge in [-0.15, -0.1) is 5.10 Å². The Bertz CT molecular complexity index is 1400.